The number of hydrogen-bond donors (Lipinski definition) is 0. The van der Waals surface area contributed by atoms with E-state index >= 15 is 0 Å². The van der Waals surface area contributed by atoms with Crippen LogP contribution in [0.5, 0.6) is 0 Å². The fraction of sp³-hybridized carbons (Fsp3) is 0.333. The van der Waals surface area contributed by atoms with Crippen LogP contribution in [0.3, 0.4) is 0 Å². The average Bonchev–Trinajstić information content (AvgIpc) is 2.71. The summed E-state index contributed by atoms with van der Waals surface area (Å²) in [6, 6.07) is 10.1. The first-order chi connectivity index (χ1) is 7.72. The van der Waals surface area contributed by atoms with Crippen molar-refractivity contribution in [3.63, 3.8) is 0 Å². The molecule has 82 valence electrons. The largest absolute Gasteiger partial charge is 0.331 e. The number of carbonyl (C=O) groups is 1. The molecule has 16 heavy (non-hydrogen) atoms. The molecule has 0 fully saturated rings. The Morgan fingerprint density at radius 1 is 1.62 bits per heavy atom. The van der Waals surface area contributed by atoms with Crippen molar-refractivity contribution in [2.24, 2.45) is 0 Å². The average molecular weight is 232 g/mol. The molecule has 0 bridgehead atoms. The predicted octanol–water partition coefficient (Wildman–Crippen LogP) is 1.69. The lowest BCUT2D eigenvalue weighted by molar-refractivity contribution is -0.128. The quantitative estimate of drug-likeness (QED) is 0.729. The standard InChI is InChI=1S/C12H12N2OS/c1-14(7-6-13)12(15)11-8-9-4-2-3-5-10(9)16-11/h2-5,11H,7-8H2,1H3. The highest BCUT2D eigenvalue weighted by Gasteiger charge is 2.29. The van der Waals surface area contributed by atoms with Crippen LogP contribution in [0, 0.1) is 11.3 Å². The number of nitrogens with zero attached hydrogens (tertiary/aromatic N) is 2. The van der Waals surface area contributed by atoms with Gasteiger partial charge in [-0.25, -0.2) is 0 Å². The van der Waals surface area contributed by atoms with E-state index in [4.69, 9.17) is 5.26 Å². The molecule has 0 spiro atoms. The minimum absolute atomic E-state index is 0.0442. The predicted molar refractivity (Wildman–Crippen MR) is 63.0 cm³/mol. The monoisotopic (exact) mass is 232 g/mol. The summed E-state index contributed by atoms with van der Waals surface area (Å²) in [6.45, 7) is 0.159. The first-order valence-electron chi connectivity index (χ1n) is 5.09. The first kappa shape index (κ1) is 11.0. The van der Waals surface area contributed by atoms with Gasteiger partial charge in [0.1, 0.15) is 6.54 Å². The van der Waals surface area contributed by atoms with Gasteiger partial charge in [0.2, 0.25) is 5.91 Å². The molecule has 1 aliphatic heterocycles. The summed E-state index contributed by atoms with van der Waals surface area (Å²) >= 11 is 1.60. The number of hydrogen-bond acceptors (Lipinski definition) is 3. The van der Waals surface area contributed by atoms with Crippen molar-refractivity contribution < 1.29 is 4.79 Å². The molecule has 1 aromatic rings. The molecule has 0 saturated carbocycles. The van der Waals surface area contributed by atoms with E-state index in [1.165, 1.54) is 15.4 Å². The van der Waals surface area contributed by atoms with Crippen LogP contribution in [0.2, 0.25) is 0 Å². The third-order valence-electron chi connectivity index (χ3n) is 2.61. The topological polar surface area (TPSA) is 44.1 Å². The van der Waals surface area contributed by atoms with Crippen molar-refractivity contribution in [2.75, 3.05) is 13.6 Å². The Hall–Kier alpha value is -1.47. The van der Waals surface area contributed by atoms with Crippen molar-refractivity contribution in [2.45, 2.75) is 16.6 Å². The fourth-order valence-corrected chi connectivity index (χ4v) is 3.06. The van der Waals surface area contributed by atoms with Crippen molar-refractivity contribution >= 4 is 17.7 Å². The summed E-state index contributed by atoms with van der Waals surface area (Å²) in [5.74, 6) is 0.0442. The zero-order chi connectivity index (χ0) is 11.5. The van der Waals surface area contributed by atoms with E-state index in [0.717, 1.165) is 6.42 Å². The summed E-state index contributed by atoms with van der Waals surface area (Å²) < 4.78 is 0. The lowest BCUT2D eigenvalue weighted by atomic mass is 10.1. The second-order valence-corrected chi connectivity index (χ2v) is 5.02. The number of amides is 1. The Labute approximate surface area is 99.1 Å². The molecule has 1 atom stereocenters. The highest BCUT2D eigenvalue weighted by atomic mass is 32.2. The Morgan fingerprint density at radius 3 is 3.06 bits per heavy atom. The van der Waals surface area contributed by atoms with Gasteiger partial charge in [-0.2, -0.15) is 5.26 Å². The Morgan fingerprint density at radius 2 is 2.38 bits per heavy atom. The molecule has 0 aliphatic carbocycles. The minimum atomic E-state index is -0.0595. The van der Waals surface area contributed by atoms with E-state index in [-0.39, 0.29) is 17.7 Å². The molecule has 1 aromatic carbocycles. The highest BCUT2D eigenvalue weighted by Crippen LogP contribution is 2.37. The van der Waals surface area contributed by atoms with E-state index < -0.39 is 0 Å². The molecule has 1 heterocycles. The van der Waals surface area contributed by atoms with Gasteiger partial charge in [0.15, 0.2) is 0 Å². The van der Waals surface area contributed by atoms with Crippen molar-refractivity contribution in [3.8, 4) is 6.07 Å². The van der Waals surface area contributed by atoms with Crippen molar-refractivity contribution in [1.82, 2.24) is 4.90 Å². The van der Waals surface area contributed by atoms with E-state index in [2.05, 4.69) is 6.07 Å². The summed E-state index contributed by atoms with van der Waals surface area (Å²) in [5.41, 5.74) is 1.23. The van der Waals surface area contributed by atoms with Gasteiger partial charge < -0.3 is 4.90 Å². The van der Waals surface area contributed by atoms with Gasteiger partial charge in [-0.15, -0.1) is 11.8 Å². The van der Waals surface area contributed by atoms with Gasteiger partial charge in [-0.1, -0.05) is 18.2 Å². The molecule has 4 heteroatoms. The van der Waals surface area contributed by atoms with Crippen LogP contribution in [0.1, 0.15) is 5.56 Å². The Kier molecular flexibility index (Phi) is 3.16. The van der Waals surface area contributed by atoms with Gasteiger partial charge in [0.05, 0.1) is 11.3 Å². The number of fused-ring (bicyclic) bond motifs is 1. The maximum atomic E-state index is 12.0. The zero-order valence-electron chi connectivity index (χ0n) is 9.01. The van der Waals surface area contributed by atoms with Gasteiger partial charge in [0, 0.05) is 11.9 Å². The number of thioether (sulfide) groups is 1. The van der Waals surface area contributed by atoms with Crippen LogP contribution in [0.15, 0.2) is 29.2 Å². The molecule has 3 nitrogen and oxygen atoms in total. The van der Waals surface area contributed by atoms with E-state index in [0.29, 0.717) is 0 Å². The summed E-state index contributed by atoms with van der Waals surface area (Å²) in [6.07, 6.45) is 0.773. The van der Waals surface area contributed by atoms with Crippen LogP contribution >= 0.6 is 11.8 Å². The molecule has 1 unspecified atom stereocenters. The number of nitriles is 1. The summed E-state index contributed by atoms with van der Waals surface area (Å²) in [5, 5.41) is 8.49. The Bertz CT molecular complexity index is 428. The normalized spacial score (nSPS) is 17.6. The maximum absolute atomic E-state index is 12.0. The molecule has 0 saturated heterocycles. The van der Waals surface area contributed by atoms with Crippen molar-refractivity contribution in [3.05, 3.63) is 29.8 Å². The lowest BCUT2D eigenvalue weighted by Gasteiger charge is -2.16. The second-order valence-electron chi connectivity index (χ2n) is 3.77. The van der Waals surface area contributed by atoms with Crippen LogP contribution in [-0.4, -0.2) is 29.6 Å². The van der Waals surface area contributed by atoms with E-state index in [9.17, 15) is 4.79 Å². The zero-order valence-corrected chi connectivity index (χ0v) is 9.83. The molecule has 0 radical (unpaired) electrons. The number of benzene rings is 1. The molecule has 0 N–H and O–H groups in total. The molecule has 0 aromatic heterocycles. The number of rotatable bonds is 2. The molecule has 1 aliphatic rings. The van der Waals surface area contributed by atoms with Crippen molar-refractivity contribution in [1.29, 1.82) is 5.26 Å². The highest BCUT2D eigenvalue weighted by molar-refractivity contribution is 8.01. The third kappa shape index (κ3) is 2.05. The molecule has 1 amide bonds. The SMILES string of the molecule is CN(CC#N)C(=O)C1Cc2ccccc2S1. The van der Waals surface area contributed by atoms with E-state index in [1.54, 1.807) is 18.8 Å². The third-order valence-corrected chi connectivity index (χ3v) is 3.91. The Balaban J connectivity index is 2.07. The smallest absolute Gasteiger partial charge is 0.236 e. The molecular formula is C12H12N2OS. The first-order valence-corrected chi connectivity index (χ1v) is 5.97. The van der Waals surface area contributed by atoms with Gasteiger partial charge in [-0.05, 0) is 18.1 Å². The minimum Gasteiger partial charge on any atom is -0.331 e. The maximum Gasteiger partial charge on any atom is 0.236 e. The number of carbonyl (C=O) groups excluding carboxylic acids is 1. The summed E-state index contributed by atoms with van der Waals surface area (Å²) in [7, 11) is 1.68. The van der Waals surface area contributed by atoms with Gasteiger partial charge >= 0.3 is 0 Å². The van der Waals surface area contributed by atoms with Crippen LogP contribution in [-0.2, 0) is 11.2 Å². The molecule has 2 rings (SSSR count). The van der Waals surface area contributed by atoms with Gasteiger partial charge in [-0.3, -0.25) is 4.79 Å². The molecular weight excluding hydrogens is 220 g/mol. The lowest BCUT2D eigenvalue weighted by Crippen LogP contribution is -2.34. The van der Waals surface area contributed by atoms with Crippen LogP contribution in [0.4, 0.5) is 0 Å². The van der Waals surface area contributed by atoms with Gasteiger partial charge in [0.25, 0.3) is 0 Å². The van der Waals surface area contributed by atoms with Crippen LogP contribution in [0.25, 0.3) is 0 Å². The van der Waals surface area contributed by atoms with E-state index in [1.807, 2.05) is 24.3 Å². The van der Waals surface area contributed by atoms with Crippen LogP contribution < -0.4 is 0 Å². The fourth-order valence-electron chi connectivity index (χ4n) is 1.75. The second kappa shape index (κ2) is 4.58. The summed E-state index contributed by atoms with van der Waals surface area (Å²) in [4.78, 5) is 14.6.